The Morgan fingerprint density at radius 2 is 1.73 bits per heavy atom. The molecule has 0 spiro atoms. The Hall–Kier alpha value is -1.10. The van der Waals surface area contributed by atoms with Crippen molar-refractivity contribution in [3.8, 4) is 0 Å². The standard InChI is InChI=1S/C6H8O5/c7-3(4(8)9)6(1-2-6)5(10)11/h3,7H,1-2H2,(H,8,9)(H,10,11). The van der Waals surface area contributed by atoms with E-state index in [1.165, 1.54) is 0 Å². The van der Waals surface area contributed by atoms with Crippen molar-refractivity contribution in [3.63, 3.8) is 0 Å². The van der Waals surface area contributed by atoms with Gasteiger partial charge < -0.3 is 15.3 Å². The number of aliphatic hydroxyl groups excluding tert-OH is 1. The third-order valence-corrected chi connectivity index (χ3v) is 1.97. The first-order valence-electron chi connectivity index (χ1n) is 3.15. The maximum atomic E-state index is 10.4. The van der Waals surface area contributed by atoms with Crippen LogP contribution in [0.3, 0.4) is 0 Å². The van der Waals surface area contributed by atoms with Crippen molar-refractivity contribution in [1.29, 1.82) is 0 Å². The highest BCUT2D eigenvalue weighted by Gasteiger charge is 2.58. The van der Waals surface area contributed by atoms with Crippen LogP contribution in [0.25, 0.3) is 0 Å². The Morgan fingerprint density at radius 1 is 1.27 bits per heavy atom. The molecule has 1 aliphatic rings. The van der Waals surface area contributed by atoms with Gasteiger partial charge in [-0.15, -0.1) is 0 Å². The van der Waals surface area contributed by atoms with Crippen LogP contribution in [-0.2, 0) is 9.59 Å². The Kier molecular flexibility index (Phi) is 1.60. The zero-order valence-electron chi connectivity index (χ0n) is 5.65. The van der Waals surface area contributed by atoms with Gasteiger partial charge in [0.25, 0.3) is 0 Å². The fraction of sp³-hybridized carbons (Fsp3) is 0.667. The zero-order valence-corrected chi connectivity index (χ0v) is 5.65. The highest BCUT2D eigenvalue weighted by atomic mass is 16.4. The van der Waals surface area contributed by atoms with Gasteiger partial charge in [-0.25, -0.2) is 4.79 Å². The molecule has 62 valence electrons. The number of aliphatic hydroxyl groups is 1. The van der Waals surface area contributed by atoms with E-state index in [-0.39, 0.29) is 12.8 Å². The minimum atomic E-state index is -1.76. The molecule has 1 fully saturated rings. The molecule has 0 aliphatic heterocycles. The second kappa shape index (κ2) is 2.20. The second-order valence-electron chi connectivity index (χ2n) is 2.70. The third kappa shape index (κ3) is 1.07. The summed E-state index contributed by atoms with van der Waals surface area (Å²) in [4.78, 5) is 20.6. The van der Waals surface area contributed by atoms with Gasteiger partial charge in [0.2, 0.25) is 0 Å². The van der Waals surface area contributed by atoms with Gasteiger partial charge in [-0.1, -0.05) is 0 Å². The molecule has 0 saturated heterocycles. The third-order valence-electron chi connectivity index (χ3n) is 1.97. The quantitative estimate of drug-likeness (QED) is 0.507. The molecule has 11 heavy (non-hydrogen) atoms. The number of rotatable bonds is 3. The van der Waals surface area contributed by atoms with Crippen molar-refractivity contribution in [2.45, 2.75) is 18.9 Å². The van der Waals surface area contributed by atoms with E-state index in [9.17, 15) is 9.59 Å². The van der Waals surface area contributed by atoms with Gasteiger partial charge in [0.05, 0.1) is 0 Å². The van der Waals surface area contributed by atoms with E-state index in [1.54, 1.807) is 0 Å². The van der Waals surface area contributed by atoms with Crippen LogP contribution < -0.4 is 0 Å². The lowest BCUT2D eigenvalue weighted by molar-refractivity contribution is -0.161. The molecule has 5 nitrogen and oxygen atoms in total. The maximum Gasteiger partial charge on any atom is 0.333 e. The van der Waals surface area contributed by atoms with Gasteiger partial charge in [-0.2, -0.15) is 0 Å². The lowest BCUT2D eigenvalue weighted by Gasteiger charge is -2.12. The molecule has 0 heterocycles. The van der Waals surface area contributed by atoms with Crippen LogP contribution in [0, 0.1) is 5.41 Å². The summed E-state index contributed by atoms with van der Waals surface area (Å²) in [5.41, 5.74) is -1.40. The molecular formula is C6H8O5. The van der Waals surface area contributed by atoms with Crippen LogP contribution in [0.1, 0.15) is 12.8 Å². The van der Waals surface area contributed by atoms with E-state index in [0.29, 0.717) is 0 Å². The summed E-state index contributed by atoms with van der Waals surface area (Å²) >= 11 is 0. The molecule has 0 aromatic heterocycles. The largest absolute Gasteiger partial charge is 0.481 e. The number of carboxylic acids is 2. The molecule has 1 unspecified atom stereocenters. The predicted molar refractivity (Wildman–Crippen MR) is 32.9 cm³/mol. The molecular weight excluding hydrogens is 152 g/mol. The van der Waals surface area contributed by atoms with Crippen molar-refractivity contribution in [2.75, 3.05) is 0 Å². The van der Waals surface area contributed by atoms with Gasteiger partial charge >= 0.3 is 11.9 Å². The SMILES string of the molecule is O=C(O)C(O)C1(C(=O)O)CC1. The highest BCUT2D eigenvalue weighted by molar-refractivity contribution is 5.87. The van der Waals surface area contributed by atoms with Crippen LogP contribution in [0.15, 0.2) is 0 Å². The average Bonchev–Trinajstić information content (AvgIpc) is 2.65. The zero-order chi connectivity index (χ0) is 8.65. The van der Waals surface area contributed by atoms with Gasteiger partial charge in [0.15, 0.2) is 6.10 Å². The fourth-order valence-electron chi connectivity index (χ4n) is 0.975. The number of aliphatic carboxylic acids is 2. The average molecular weight is 160 g/mol. The van der Waals surface area contributed by atoms with Gasteiger partial charge in [0.1, 0.15) is 5.41 Å². The lowest BCUT2D eigenvalue weighted by atomic mass is 10.00. The molecule has 1 aliphatic carbocycles. The van der Waals surface area contributed by atoms with Crippen molar-refractivity contribution in [2.24, 2.45) is 5.41 Å². The monoisotopic (exact) mass is 160 g/mol. The van der Waals surface area contributed by atoms with Crippen molar-refractivity contribution in [1.82, 2.24) is 0 Å². The van der Waals surface area contributed by atoms with Crippen LogP contribution >= 0.6 is 0 Å². The molecule has 1 rings (SSSR count). The Balaban J connectivity index is 2.73. The maximum absolute atomic E-state index is 10.4. The van der Waals surface area contributed by atoms with E-state index in [4.69, 9.17) is 15.3 Å². The number of carbonyl (C=O) groups is 2. The van der Waals surface area contributed by atoms with Crippen LogP contribution in [-0.4, -0.2) is 33.4 Å². The summed E-state index contributed by atoms with van der Waals surface area (Å²) in [6.07, 6.45) is -1.27. The molecule has 0 aromatic carbocycles. The van der Waals surface area contributed by atoms with Crippen LogP contribution in [0.4, 0.5) is 0 Å². The Labute approximate surface area is 62.3 Å². The first-order valence-corrected chi connectivity index (χ1v) is 3.15. The molecule has 0 bridgehead atoms. The predicted octanol–water partition coefficient (Wildman–Crippen LogP) is -0.703. The molecule has 0 aromatic rings. The highest BCUT2D eigenvalue weighted by Crippen LogP contribution is 2.49. The van der Waals surface area contributed by atoms with E-state index >= 15 is 0 Å². The molecule has 3 N–H and O–H groups in total. The molecule has 0 amide bonds. The molecule has 1 atom stereocenters. The first-order chi connectivity index (χ1) is 5.00. The number of carboxylic acid groups (broad SMARTS) is 2. The first kappa shape index (κ1) is 8.00. The van der Waals surface area contributed by atoms with E-state index in [0.717, 1.165) is 0 Å². The number of hydrogen-bond acceptors (Lipinski definition) is 3. The van der Waals surface area contributed by atoms with Gasteiger partial charge in [0, 0.05) is 0 Å². The molecule has 5 heteroatoms. The topological polar surface area (TPSA) is 94.8 Å². The smallest absolute Gasteiger partial charge is 0.333 e. The lowest BCUT2D eigenvalue weighted by Crippen LogP contribution is -2.36. The minimum absolute atomic E-state index is 0.246. The summed E-state index contributed by atoms with van der Waals surface area (Å²) in [5, 5.41) is 25.7. The summed E-state index contributed by atoms with van der Waals surface area (Å²) < 4.78 is 0. The Bertz CT molecular complexity index is 205. The van der Waals surface area contributed by atoms with E-state index < -0.39 is 23.5 Å². The van der Waals surface area contributed by atoms with E-state index in [2.05, 4.69) is 0 Å². The number of hydrogen-bond donors (Lipinski definition) is 3. The van der Waals surface area contributed by atoms with Crippen LogP contribution in [0.5, 0.6) is 0 Å². The summed E-state index contributed by atoms with van der Waals surface area (Å²) in [6, 6.07) is 0. The second-order valence-corrected chi connectivity index (χ2v) is 2.70. The summed E-state index contributed by atoms with van der Waals surface area (Å²) in [5.74, 6) is -2.70. The minimum Gasteiger partial charge on any atom is -0.481 e. The normalized spacial score (nSPS) is 22.3. The summed E-state index contributed by atoms with van der Waals surface area (Å²) in [7, 11) is 0. The van der Waals surface area contributed by atoms with E-state index in [1.807, 2.05) is 0 Å². The fourth-order valence-corrected chi connectivity index (χ4v) is 0.975. The molecule has 1 saturated carbocycles. The molecule has 0 radical (unpaired) electrons. The van der Waals surface area contributed by atoms with Gasteiger partial charge in [-0.05, 0) is 12.8 Å². The van der Waals surface area contributed by atoms with Gasteiger partial charge in [-0.3, -0.25) is 4.79 Å². The summed E-state index contributed by atoms with van der Waals surface area (Å²) in [6.45, 7) is 0. The van der Waals surface area contributed by atoms with Crippen LogP contribution in [0.2, 0.25) is 0 Å². The van der Waals surface area contributed by atoms with Crippen molar-refractivity contribution >= 4 is 11.9 Å². The Morgan fingerprint density at radius 3 is 1.82 bits per heavy atom. The van der Waals surface area contributed by atoms with Crippen molar-refractivity contribution < 1.29 is 24.9 Å². The van der Waals surface area contributed by atoms with Crippen molar-refractivity contribution in [3.05, 3.63) is 0 Å².